The van der Waals surface area contributed by atoms with Gasteiger partial charge in [0.1, 0.15) is 5.69 Å². The van der Waals surface area contributed by atoms with Crippen LogP contribution in [0.4, 0.5) is 14.5 Å². The predicted molar refractivity (Wildman–Crippen MR) is 43.7 cm³/mol. The third-order valence-electron chi connectivity index (χ3n) is 1.64. The van der Waals surface area contributed by atoms with E-state index >= 15 is 0 Å². The summed E-state index contributed by atoms with van der Waals surface area (Å²) in [5, 5.41) is 10.5. The molecule has 5 nitrogen and oxygen atoms in total. The van der Waals surface area contributed by atoms with E-state index in [9.17, 15) is 18.9 Å². The number of alkyl halides is 2. The van der Waals surface area contributed by atoms with Gasteiger partial charge in [-0.25, -0.2) is 8.78 Å². The number of rotatable bonds is 3. The molecule has 1 rings (SSSR count). The molecule has 0 aromatic carbocycles. The van der Waals surface area contributed by atoms with E-state index in [4.69, 9.17) is 5.73 Å². The van der Waals surface area contributed by atoms with Crippen molar-refractivity contribution in [2.75, 3.05) is 0 Å². The molecule has 0 fully saturated rings. The van der Waals surface area contributed by atoms with Crippen molar-refractivity contribution < 1.29 is 13.7 Å². The SMILES string of the molecule is NCc1nccc(C(F)F)c1[N+](=O)[O-]. The summed E-state index contributed by atoms with van der Waals surface area (Å²) < 4.78 is 24.7. The summed E-state index contributed by atoms with van der Waals surface area (Å²) >= 11 is 0. The Morgan fingerprint density at radius 1 is 1.64 bits per heavy atom. The standard InChI is InChI=1S/C7H7F2N3O2/c8-7(9)4-1-2-11-5(3-10)6(4)12(13)14/h1-2,7H,3,10H2. The fourth-order valence-electron chi connectivity index (χ4n) is 1.05. The van der Waals surface area contributed by atoms with Gasteiger partial charge in [0.15, 0.2) is 0 Å². The third-order valence-corrected chi connectivity index (χ3v) is 1.64. The molecule has 7 heteroatoms. The first-order chi connectivity index (χ1) is 6.57. The van der Waals surface area contributed by atoms with Gasteiger partial charge in [-0.15, -0.1) is 0 Å². The maximum Gasteiger partial charge on any atom is 0.300 e. The minimum Gasteiger partial charge on any atom is -0.325 e. The van der Waals surface area contributed by atoms with E-state index in [1.165, 1.54) is 0 Å². The molecule has 76 valence electrons. The predicted octanol–water partition coefficient (Wildman–Crippen LogP) is 1.39. The molecule has 14 heavy (non-hydrogen) atoms. The lowest BCUT2D eigenvalue weighted by Crippen LogP contribution is -2.07. The Balaban J connectivity index is 3.35. The van der Waals surface area contributed by atoms with Gasteiger partial charge >= 0.3 is 5.69 Å². The highest BCUT2D eigenvalue weighted by Gasteiger charge is 2.25. The van der Waals surface area contributed by atoms with Crippen LogP contribution in [-0.4, -0.2) is 9.91 Å². The number of pyridine rings is 1. The molecule has 1 aromatic rings. The normalized spacial score (nSPS) is 10.6. The number of nitro groups is 1. The number of hydrogen-bond donors (Lipinski definition) is 1. The molecule has 0 spiro atoms. The van der Waals surface area contributed by atoms with Crippen LogP contribution in [0.25, 0.3) is 0 Å². The highest BCUT2D eigenvalue weighted by atomic mass is 19.3. The van der Waals surface area contributed by atoms with Crippen LogP contribution in [0.1, 0.15) is 17.7 Å². The van der Waals surface area contributed by atoms with E-state index in [1.54, 1.807) is 0 Å². The van der Waals surface area contributed by atoms with Gasteiger partial charge in [0.2, 0.25) is 0 Å². The molecule has 0 amide bonds. The Morgan fingerprint density at radius 2 is 2.29 bits per heavy atom. The van der Waals surface area contributed by atoms with Crippen LogP contribution in [0.15, 0.2) is 12.3 Å². The van der Waals surface area contributed by atoms with Crippen molar-refractivity contribution in [1.82, 2.24) is 4.98 Å². The van der Waals surface area contributed by atoms with Gasteiger partial charge < -0.3 is 5.73 Å². The van der Waals surface area contributed by atoms with Crippen molar-refractivity contribution in [3.63, 3.8) is 0 Å². The minimum atomic E-state index is -2.90. The second-order valence-corrected chi connectivity index (χ2v) is 2.46. The summed E-state index contributed by atoms with van der Waals surface area (Å²) in [5.41, 5.74) is 3.68. The van der Waals surface area contributed by atoms with Crippen molar-refractivity contribution in [2.24, 2.45) is 5.73 Å². The van der Waals surface area contributed by atoms with Crippen molar-refractivity contribution in [1.29, 1.82) is 0 Å². The van der Waals surface area contributed by atoms with E-state index in [0.29, 0.717) is 0 Å². The Bertz CT molecular complexity index is 357. The molecule has 0 saturated heterocycles. The number of halogens is 2. The second-order valence-electron chi connectivity index (χ2n) is 2.46. The zero-order chi connectivity index (χ0) is 10.7. The monoisotopic (exact) mass is 203 g/mol. The first-order valence-corrected chi connectivity index (χ1v) is 3.68. The zero-order valence-corrected chi connectivity index (χ0v) is 6.98. The van der Waals surface area contributed by atoms with E-state index in [1.807, 2.05) is 0 Å². The Hall–Kier alpha value is -1.63. The fraction of sp³-hybridized carbons (Fsp3) is 0.286. The van der Waals surface area contributed by atoms with Gasteiger partial charge in [-0.1, -0.05) is 0 Å². The van der Waals surface area contributed by atoms with E-state index in [-0.39, 0.29) is 12.2 Å². The van der Waals surface area contributed by atoms with Gasteiger partial charge in [-0.3, -0.25) is 15.1 Å². The summed E-state index contributed by atoms with van der Waals surface area (Å²) in [7, 11) is 0. The van der Waals surface area contributed by atoms with Gasteiger partial charge in [0.25, 0.3) is 6.43 Å². The van der Waals surface area contributed by atoms with Gasteiger partial charge in [0.05, 0.1) is 10.5 Å². The lowest BCUT2D eigenvalue weighted by molar-refractivity contribution is -0.387. The van der Waals surface area contributed by atoms with Crippen LogP contribution in [0.5, 0.6) is 0 Å². The Morgan fingerprint density at radius 3 is 2.71 bits per heavy atom. The van der Waals surface area contributed by atoms with E-state index < -0.39 is 22.6 Å². The largest absolute Gasteiger partial charge is 0.325 e. The third kappa shape index (κ3) is 1.82. The maximum absolute atomic E-state index is 12.3. The Labute approximate surface area is 77.7 Å². The van der Waals surface area contributed by atoms with Gasteiger partial charge in [0, 0.05) is 12.7 Å². The summed E-state index contributed by atoms with van der Waals surface area (Å²) in [5.74, 6) is 0. The average Bonchev–Trinajstić information content (AvgIpc) is 2.16. The molecule has 0 saturated carbocycles. The summed E-state index contributed by atoms with van der Waals surface area (Å²) in [6.07, 6.45) is -1.82. The highest BCUT2D eigenvalue weighted by Crippen LogP contribution is 2.30. The average molecular weight is 203 g/mol. The fourth-order valence-corrected chi connectivity index (χ4v) is 1.05. The lowest BCUT2D eigenvalue weighted by Gasteiger charge is -2.03. The van der Waals surface area contributed by atoms with Crippen LogP contribution >= 0.6 is 0 Å². The smallest absolute Gasteiger partial charge is 0.300 e. The van der Waals surface area contributed by atoms with Crippen molar-refractivity contribution >= 4 is 5.69 Å². The molecule has 0 radical (unpaired) electrons. The first kappa shape index (κ1) is 10.5. The molecule has 1 aromatic heterocycles. The molecule has 2 N–H and O–H groups in total. The number of nitrogens with zero attached hydrogens (tertiary/aromatic N) is 2. The second kappa shape index (κ2) is 4.05. The molecular formula is C7H7F2N3O2. The number of nitrogens with two attached hydrogens (primary N) is 1. The van der Waals surface area contributed by atoms with Crippen molar-refractivity contribution in [2.45, 2.75) is 13.0 Å². The molecule has 0 atom stereocenters. The van der Waals surface area contributed by atoms with Gasteiger partial charge in [-0.05, 0) is 6.07 Å². The molecule has 0 unspecified atom stereocenters. The van der Waals surface area contributed by atoms with E-state index in [0.717, 1.165) is 12.3 Å². The first-order valence-electron chi connectivity index (χ1n) is 3.68. The zero-order valence-electron chi connectivity index (χ0n) is 6.98. The number of aromatic nitrogens is 1. The van der Waals surface area contributed by atoms with Crippen molar-refractivity contribution in [3.05, 3.63) is 33.6 Å². The van der Waals surface area contributed by atoms with Crippen molar-refractivity contribution in [3.8, 4) is 0 Å². The molecule has 1 heterocycles. The molecule has 0 aliphatic rings. The van der Waals surface area contributed by atoms with E-state index in [2.05, 4.69) is 4.98 Å². The summed E-state index contributed by atoms with van der Waals surface area (Å²) in [6.45, 7) is -0.239. The topological polar surface area (TPSA) is 82.0 Å². The van der Waals surface area contributed by atoms with Crippen LogP contribution in [0.2, 0.25) is 0 Å². The Kier molecular flexibility index (Phi) is 3.03. The van der Waals surface area contributed by atoms with Crippen LogP contribution in [0, 0.1) is 10.1 Å². The molecular weight excluding hydrogens is 196 g/mol. The van der Waals surface area contributed by atoms with Gasteiger partial charge in [-0.2, -0.15) is 0 Å². The van der Waals surface area contributed by atoms with Crippen LogP contribution in [0.3, 0.4) is 0 Å². The summed E-state index contributed by atoms with van der Waals surface area (Å²) in [6, 6.07) is 0.919. The highest BCUT2D eigenvalue weighted by molar-refractivity contribution is 5.44. The maximum atomic E-state index is 12.3. The quantitative estimate of drug-likeness (QED) is 0.594. The molecule has 0 aliphatic carbocycles. The molecule has 0 bridgehead atoms. The lowest BCUT2D eigenvalue weighted by atomic mass is 10.2. The number of hydrogen-bond acceptors (Lipinski definition) is 4. The van der Waals surface area contributed by atoms with Crippen LogP contribution < -0.4 is 5.73 Å². The minimum absolute atomic E-state index is 0.132. The van der Waals surface area contributed by atoms with Crippen LogP contribution in [-0.2, 0) is 6.54 Å². The summed E-state index contributed by atoms with van der Waals surface area (Å²) in [4.78, 5) is 13.2. The molecule has 0 aliphatic heterocycles.